The minimum absolute atomic E-state index is 0.439. The molecule has 1 aliphatic rings. The molecule has 1 fully saturated rings. The zero-order chi connectivity index (χ0) is 11.4. The van der Waals surface area contributed by atoms with Gasteiger partial charge in [-0.2, -0.15) is 0 Å². The summed E-state index contributed by atoms with van der Waals surface area (Å²) in [6, 6.07) is 6.68. The van der Waals surface area contributed by atoms with Gasteiger partial charge in [0.05, 0.1) is 5.69 Å². The molecule has 3 heteroatoms. The van der Waals surface area contributed by atoms with Crippen molar-refractivity contribution in [2.45, 2.75) is 39.3 Å². The first kappa shape index (κ1) is 11.4. The van der Waals surface area contributed by atoms with Crippen molar-refractivity contribution in [3.63, 3.8) is 0 Å². The van der Waals surface area contributed by atoms with Crippen molar-refractivity contribution >= 4 is 5.82 Å². The van der Waals surface area contributed by atoms with Gasteiger partial charge in [-0.25, -0.2) is 4.98 Å². The topological polar surface area (TPSA) is 28.2 Å². The van der Waals surface area contributed by atoms with Crippen molar-refractivity contribution in [1.82, 2.24) is 9.88 Å². The van der Waals surface area contributed by atoms with Crippen molar-refractivity contribution in [3.8, 4) is 0 Å². The Morgan fingerprint density at radius 3 is 2.75 bits per heavy atom. The number of rotatable bonds is 4. The summed E-state index contributed by atoms with van der Waals surface area (Å²) in [5, 5.41) is 3.34. The van der Waals surface area contributed by atoms with Crippen molar-refractivity contribution in [1.29, 1.82) is 0 Å². The van der Waals surface area contributed by atoms with E-state index >= 15 is 0 Å². The smallest absolute Gasteiger partial charge is 0.126 e. The number of pyridine rings is 1. The number of aromatic nitrogens is 1. The molecule has 1 aromatic heterocycles. The lowest BCUT2D eigenvalue weighted by molar-refractivity contribution is 0.327. The second kappa shape index (κ2) is 5.30. The summed E-state index contributed by atoms with van der Waals surface area (Å²) < 4.78 is 0. The molecule has 0 radical (unpaired) electrons. The first-order chi connectivity index (χ1) is 7.74. The molecule has 2 heterocycles. The molecule has 0 atom stereocenters. The van der Waals surface area contributed by atoms with Gasteiger partial charge in [-0.05, 0) is 51.9 Å². The van der Waals surface area contributed by atoms with Crippen LogP contribution in [0.25, 0.3) is 0 Å². The Bertz CT molecular complexity index is 330. The number of hydrogen-bond donors (Lipinski definition) is 1. The SMILES string of the molecule is CC(C)Nc1cccc(CN2CCCC2)n1. The van der Waals surface area contributed by atoms with E-state index in [9.17, 15) is 0 Å². The second-order valence-corrected chi connectivity index (χ2v) is 4.80. The fourth-order valence-electron chi connectivity index (χ4n) is 2.11. The van der Waals surface area contributed by atoms with Gasteiger partial charge in [-0.1, -0.05) is 6.07 Å². The molecular formula is C13H21N3. The molecule has 0 aromatic carbocycles. The zero-order valence-corrected chi connectivity index (χ0v) is 10.2. The number of nitrogens with zero attached hydrogens (tertiary/aromatic N) is 2. The van der Waals surface area contributed by atoms with Crippen LogP contribution in [-0.2, 0) is 6.54 Å². The maximum Gasteiger partial charge on any atom is 0.126 e. The van der Waals surface area contributed by atoms with Gasteiger partial charge < -0.3 is 5.32 Å². The average Bonchev–Trinajstić information content (AvgIpc) is 2.70. The van der Waals surface area contributed by atoms with Gasteiger partial charge in [0.25, 0.3) is 0 Å². The third kappa shape index (κ3) is 3.20. The highest BCUT2D eigenvalue weighted by Gasteiger charge is 2.12. The summed E-state index contributed by atoms with van der Waals surface area (Å²) in [4.78, 5) is 7.10. The van der Waals surface area contributed by atoms with E-state index in [0.717, 1.165) is 12.4 Å². The third-order valence-corrected chi connectivity index (χ3v) is 2.83. The van der Waals surface area contributed by atoms with Gasteiger partial charge in [-0.3, -0.25) is 4.90 Å². The third-order valence-electron chi connectivity index (χ3n) is 2.83. The molecular weight excluding hydrogens is 198 g/mol. The van der Waals surface area contributed by atoms with Crippen LogP contribution in [0.2, 0.25) is 0 Å². The standard InChI is InChI=1S/C13H21N3/c1-11(2)14-13-7-5-6-12(15-13)10-16-8-3-4-9-16/h5-7,11H,3-4,8-10H2,1-2H3,(H,14,15). The molecule has 0 spiro atoms. The summed E-state index contributed by atoms with van der Waals surface area (Å²) in [7, 11) is 0. The quantitative estimate of drug-likeness (QED) is 0.843. The Balaban J connectivity index is 1.97. The Labute approximate surface area is 97.9 Å². The number of nitrogens with one attached hydrogen (secondary N) is 1. The monoisotopic (exact) mass is 219 g/mol. The molecule has 0 amide bonds. The van der Waals surface area contributed by atoms with E-state index in [0.29, 0.717) is 6.04 Å². The predicted molar refractivity (Wildman–Crippen MR) is 67.5 cm³/mol. The molecule has 0 saturated carbocycles. The Morgan fingerprint density at radius 2 is 2.06 bits per heavy atom. The zero-order valence-electron chi connectivity index (χ0n) is 10.2. The van der Waals surface area contributed by atoms with Crippen LogP contribution >= 0.6 is 0 Å². The Morgan fingerprint density at radius 1 is 1.31 bits per heavy atom. The summed E-state index contributed by atoms with van der Waals surface area (Å²) in [6.07, 6.45) is 2.67. The van der Waals surface area contributed by atoms with Crippen LogP contribution in [0.5, 0.6) is 0 Å². The molecule has 1 aliphatic heterocycles. The van der Waals surface area contributed by atoms with Crippen LogP contribution in [-0.4, -0.2) is 29.0 Å². The van der Waals surface area contributed by atoms with Gasteiger partial charge in [0, 0.05) is 12.6 Å². The van der Waals surface area contributed by atoms with E-state index in [1.807, 2.05) is 6.07 Å². The van der Waals surface area contributed by atoms with E-state index in [4.69, 9.17) is 0 Å². The lowest BCUT2D eigenvalue weighted by Gasteiger charge is -2.15. The number of hydrogen-bond acceptors (Lipinski definition) is 3. The molecule has 1 saturated heterocycles. The van der Waals surface area contributed by atoms with Gasteiger partial charge in [0.2, 0.25) is 0 Å². The molecule has 1 aromatic rings. The highest BCUT2D eigenvalue weighted by atomic mass is 15.1. The van der Waals surface area contributed by atoms with Gasteiger partial charge in [-0.15, -0.1) is 0 Å². The molecule has 0 aliphatic carbocycles. The van der Waals surface area contributed by atoms with Crippen LogP contribution < -0.4 is 5.32 Å². The van der Waals surface area contributed by atoms with Crippen LogP contribution in [0.1, 0.15) is 32.4 Å². The van der Waals surface area contributed by atoms with E-state index in [2.05, 4.69) is 41.2 Å². The largest absolute Gasteiger partial charge is 0.368 e. The van der Waals surface area contributed by atoms with Crippen molar-refractivity contribution in [3.05, 3.63) is 23.9 Å². The molecule has 0 bridgehead atoms. The first-order valence-electron chi connectivity index (χ1n) is 6.19. The molecule has 3 nitrogen and oxygen atoms in total. The second-order valence-electron chi connectivity index (χ2n) is 4.80. The highest BCUT2D eigenvalue weighted by molar-refractivity contribution is 5.36. The minimum Gasteiger partial charge on any atom is -0.368 e. The van der Waals surface area contributed by atoms with Crippen LogP contribution in [0.4, 0.5) is 5.82 Å². The van der Waals surface area contributed by atoms with Gasteiger partial charge >= 0.3 is 0 Å². The molecule has 16 heavy (non-hydrogen) atoms. The van der Waals surface area contributed by atoms with Crippen LogP contribution in [0.15, 0.2) is 18.2 Å². The number of likely N-dealkylation sites (tertiary alicyclic amines) is 1. The summed E-state index contributed by atoms with van der Waals surface area (Å²) >= 11 is 0. The molecule has 1 N–H and O–H groups in total. The minimum atomic E-state index is 0.439. The van der Waals surface area contributed by atoms with E-state index in [-0.39, 0.29) is 0 Å². The molecule has 2 rings (SSSR count). The molecule has 0 unspecified atom stereocenters. The summed E-state index contributed by atoms with van der Waals surface area (Å²) in [6.45, 7) is 7.71. The van der Waals surface area contributed by atoms with E-state index in [1.54, 1.807) is 0 Å². The summed E-state index contributed by atoms with van der Waals surface area (Å²) in [5.74, 6) is 0.992. The molecule has 88 valence electrons. The first-order valence-corrected chi connectivity index (χ1v) is 6.19. The normalized spacial score (nSPS) is 16.9. The van der Waals surface area contributed by atoms with Crippen LogP contribution in [0.3, 0.4) is 0 Å². The van der Waals surface area contributed by atoms with Crippen molar-refractivity contribution in [2.75, 3.05) is 18.4 Å². The van der Waals surface area contributed by atoms with E-state index in [1.165, 1.54) is 31.6 Å². The lowest BCUT2D eigenvalue weighted by Crippen LogP contribution is -2.19. The lowest BCUT2D eigenvalue weighted by atomic mass is 10.3. The average molecular weight is 219 g/mol. The van der Waals surface area contributed by atoms with Crippen LogP contribution in [0, 0.1) is 0 Å². The highest BCUT2D eigenvalue weighted by Crippen LogP contribution is 2.13. The van der Waals surface area contributed by atoms with Crippen molar-refractivity contribution in [2.24, 2.45) is 0 Å². The van der Waals surface area contributed by atoms with E-state index < -0.39 is 0 Å². The van der Waals surface area contributed by atoms with Gasteiger partial charge in [0.1, 0.15) is 5.82 Å². The Kier molecular flexibility index (Phi) is 3.78. The number of anilines is 1. The summed E-state index contributed by atoms with van der Waals surface area (Å²) in [5.41, 5.74) is 1.17. The fraction of sp³-hybridized carbons (Fsp3) is 0.615. The Hall–Kier alpha value is -1.09. The maximum absolute atomic E-state index is 4.62. The van der Waals surface area contributed by atoms with Gasteiger partial charge in [0.15, 0.2) is 0 Å². The van der Waals surface area contributed by atoms with Crippen molar-refractivity contribution < 1.29 is 0 Å². The maximum atomic E-state index is 4.62. The fourth-order valence-corrected chi connectivity index (χ4v) is 2.11. The predicted octanol–water partition coefficient (Wildman–Crippen LogP) is 2.50.